The van der Waals surface area contributed by atoms with Gasteiger partial charge in [-0.15, -0.1) is 0 Å². The third kappa shape index (κ3) is 4.41. The molecule has 0 aliphatic carbocycles. The number of pyridine rings is 1. The lowest BCUT2D eigenvalue weighted by Crippen LogP contribution is -2.42. The SMILES string of the molecule is CC(=O)SC(CC(=O)N1CCC[C@H]1C(=O)O)C(=O)c1ccccn1. The van der Waals surface area contributed by atoms with E-state index in [1.165, 1.54) is 24.1 Å². The third-order valence-electron chi connectivity index (χ3n) is 3.74. The van der Waals surface area contributed by atoms with Crippen molar-refractivity contribution in [3.8, 4) is 0 Å². The smallest absolute Gasteiger partial charge is 0.326 e. The van der Waals surface area contributed by atoms with Gasteiger partial charge >= 0.3 is 5.97 Å². The van der Waals surface area contributed by atoms with Crippen molar-refractivity contribution in [3.63, 3.8) is 0 Å². The maximum Gasteiger partial charge on any atom is 0.326 e. The second kappa shape index (κ2) is 8.05. The molecule has 0 bridgehead atoms. The summed E-state index contributed by atoms with van der Waals surface area (Å²) >= 11 is 0.776. The number of carbonyl (C=O) groups is 4. The van der Waals surface area contributed by atoms with Gasteiger partial charge in [0.25, 0.3) is 0 Å². The Labute approximate surface area is 143 Å². The van der Waals surface area contributed by atoms with Crippen LogP contribution in [0.1, 0.15) is 36.7 Å². The molecule has 8 heteroatoms. The van der Waals surface area contributed by atoms with Crippen molar-refractivity contribution in [2.45, 2.75) is 37.5 Å². The molecule has 2 atom stereocenters. The highest BCUT2D eigenvalue weighted by atomic mass is 32.2. The Kier molecular flexibility index (Phi) is 6.08. The number of carboxylic acids is 1. The second-order valence-corrected chi connectivity index (χ2v) is 6.84. The first-order valence-corrected chi connectivity index (χ1v) is 8.43. The molecule has 2 rings (SSSR count). The van der Waals surface area contributed by atoms with Crippen LogP contribution in [0.15, 0.2) is 24.4 Å². The summed E-state index contributed by atoms with van der Waals surface area (Å²) < 4.78 is 0. The van der Waals surface area contributed by atoms with Crippen LogP contribution < -0.4 is 0 Å². The number of carbonyl (C=O) groups excluding carboxylic acids is 3. The normalized spacial score (nSPS) is 18.2. The van der Waals surface area contributed by atoms with Crippen LogP contribution in [-0.2, 0) is 14.4 Å². The van der Waals surface area contributed by atoms with Crippen LogP contribution in [0.5, 0.6) is 0 Å². The molecule has 1 unspecified atom stereocenters. The Hall–Kier alpha value is -2.22. The Morgan fingerprint density at radius 2 is 2.12 bits per heavy atom. The van der Waals surface area contributed by atoms with E-state index in [2.05, 4.69) is 4.98 Å². The fourth-order valence-electron chi connectivity index (χ4n) is 2.66. The molecule has 0 spiro atoms. The number of carboxylic acid groups (broad SMARTS) is 1. The number of ketones is 1. The number of aliphatic carboxylic acids is 1. The van der Waals surface area contributed by atoms with E-state index in [1.807, 2.05) is 0 Å². The first-order valence-electron chi connectivity index (χ1n) is 7.55. The summed E-state index contributed by atoms with van der Waals surface area (Å²) in [6, 6.07) is 3.98. The van der Waals surface area contributed by atoms with Crippen molar-refractivity contribution in [1.82, 2.24) is 9.88 Å². The Morgan fingerprint density at radius 1 is 1.38 bits per heavy atom. The van der Waals surface area contributed by atoms with E-state index in [0.29, 0.717) is 19.4 Å². The Morgan fingerprint density at radius 3 is 2.71 bits per heavy atom. The predicted octanol–water partition coefficient (Wildman–Crippen LogP) is 1.38. The molecule has 128 valence electrons. The summed E-state index contributed by atoms with van der Waals surface area (Å²) in [7, 11) is 0. The van der Waals surface area contributed by atoms with Gasteiger partial charge in [-0.3, -0.25) is 19.4 Å². The van der Waals surface area contributed by atoms with Crippen molar-refractivity contribution in [3.05, 3.63) is 30.1 Å². The number of Topliss-reactive ketones (excluding diaryl/α,β-unsaturated/α-hetero) is 1. The summed E-state index contributed by atoms with van der Waals surface area (Å²) in [5, 5.41) is 7.98. The number of aromatic nitrogens is 1. The first kappa shape index (κ1) is 18.1. The van der Waals surface area contributed by atoms with Crippen LogP contribution in [0, 0.1) is 0 Å². The minimum atomic E-state index is -1.05. The van der Waals surface area contributed by atoms with Crippen molar-refractivity contribution in [1.29, 1.82) is 0 Å². The fourth-order valence-corrected chi connectivity index (χ4v) is 3.51. The summed E-state index contributed by atoms with van der Waals surface area (Å²) in [5.41, 5.74) is 0.181. The highest BCUT2D eigenvalue weighted by molar-refractivity contribution is 8.14. The van der Waals surface area contributed by atoms with Crippen molar-refractivity contribution < 1.29 is 24.3 Å². The molecule has 0 saturated carbocycles. The van der Waals surface area contributed by atoms with Crippen molar-refractivity contribution in [2.24, 2.45) is 0 Å². The van der Waals surface area contributed by atoms with Gasteiger partial charge in [0.1, 0.15) is 11.7 Å². The molecule has 2 heterocycles. The maximum absolute atomic E-state index is 12.5. The zero-order valence-corrected chi connectivity index (χ0v) is 14.0. The van der Waals surface area contributed by atoms with Gasteiger partial charge in [0.05, 0.1) is 5.25 Å². The average Bonchev–Trinajstić information content (AvgIpc) is 3.04. The van der Waals surface area contributed by atoms with E-state index in [1.54, 1.807) is 12.1 Å². The molecule has 0 radical (unpaired) electrons. The van der Waals surface area contributed by atoms with Crippen molar-refractivity contribution in [2.75, 3.05) is 6.54 Å². The monoisotopic (exact) mass is 350 g/mol. The maximum atomic E-state index is 12.5. The zero-order valence-electron chi connectivity index (χ0n) is 13.2. The van der Waals surface area contributed by atoms with Crippen LogP contribution in [0.3, 0.4) is 0 Å². The zero-order chi connectivity index (χ0) is 17.7. The van der Waals surface area contributed by atoms with Crippen LogP contribution >= 0.6 is 11.8 Å². The summed E-state index contributed by atoms with van der Waals surface area (Å²) in [4.78, 5) is 52.9. The summed E-state index contributed by atoms with van der Waals surface area (Å²) in [6.45, 7) is 1.68. The lowest BCUT2D eigenvalue weighted by atomic mass is 10.1. The minimum absolute atomic E-state index is 0.181. The number of hydrogen-bond acceptors (Lipinski definition) is 6. The number of rotatable bonds is 6. The van der Waals surface area contributed by atoms with Gasteiger partial charge in [-0.2, -0.15) is 0 Å². The van der Waals surface area contributed by atoms with E-state index in [0.717, 1.165) is 11.8 Å². The van der Waals surface area contributed by atoms with Crippen molar-refractivity contribution >= 4 is 34.5 Å². The minimum Gasteiger partial charge on any atom is -0.480 e. The predicted molar refractivity (Wildman–Crippen MR) is 87.6 cm³/mol. The van der Waals surface area contributed by atoms with E-state index in [4.69, 9.17) is 5.11 Å². The average molecular weight is 350 g/mol. The molecule has 1 fully saturated rings. The summed E-state index contributed by atoms with van der Waals surface area (Å²) in [5.74, 6) is -1.88. The van der Waals surface area contributed by atoms with Gasteiger partial charge in [-0.1, -0.05) is 17.8 Å². The molecule has 1 saturated heterocycles. The molecule has 1 amide bonds. The van der Waals surface area contributed by atoms with E-state index < -0.39 is 29.0 Å². The Bertz CT molecular complexity index is 649. The van der Waals surface area contributed by atoms with Gasteiger partial charge in [0.2, 0.25) is 5.91 Å². The van der Waals surface area contributed by atoms with Crippen LogP contribution in [0.25, 0.3) is 0 Å². The third-order valence-corrected chi connectivity index (χ3v) is 4.73. The van der Waals surface area contributed by atoms with Gasteiger partial charge in [-0.25, -0.2) is 4.79 Å². The molecular weight excluding hydrogens is 332 g/mol. The molecule has 1 aliphatic heterocycles. The molecule has 0 aromatic carbocycles. The van der Waals surface area contributed by atoms with Gasteiger partial charge in [-0.05, 0) is 25.0 Å². The van der Waals surface area contributed by atoms with Crippen LogP contribution in [-0.4, -0.2) is 55.6 Å². The van der Waals surface area contributed by atoms with Gasteiger partial charge in [0.15, 0.2) is 10.9 Å². The lowest BCUT2D eigenvalue weighted by molar-refractivity contribution is -0.148. The molecule has 1 aromatic heterocycles. The quantitative estimate of drug-likeness (QED) is 0.773. The first-order chi connectivity index (χ1) is 11.4. The summed E-state index contributed by atoms with van der Waals surface area (Å²) in [6.07, 6.45) is 2.26. The fraction of sp³-hybridized carbons (Fsp3) is 0.438. The molecule has 1 aromatic rings. The number of amides is 1. The largest absolute Gasteiger partial charge is 0.480 e. The highest BCUT2D eigenvalue weighted by Crippen LogP contribution is 2.24. The number of likely N-dealkylation sites (tertiary alicyclic amines) is 1. The second-order valence-electron chi connectivity index (χ2n) is 5.46. The van der Waals surface area contributed by atoms with Crippen LogP contribution in [0.2, 0.25) is 0 Å². The van der Waals surface area contributed by atoms with E-state index in [-0.39, 0.29) is 17.2 Å². The van der Waals surface area contributed by atoms with E-state index >= 15 is 0 Å². The standard InChI is InChI=1S/C16H18N2O5S/c1-10(19)24-13(15(21)11-5-2-3-7-17-11)9-14(20)18-8-4-6-12(18)16(22)23/h2-3,5,7,12-13H,4,6,8-9H2,1H3,(H,22,23)/t12-,13?/m0/s1. The number of nitrogens with zero attached hydrogens (tertiary/aromatic N) is 2. The highest BCUT2D eigenvalue weighted by Gasteiger charge is 2.36. The topological polar surface area (TPSA) is 105 Å². The molecular formula is C16H18N2O5S. The lowest BCUT2D eigenvalue weighted by Gasteiger charge is -2.23. The molecule has 1 N–H and O–H groups in total. The molecule has 1 aliphatic rings. The molecule has 7 nitrogen and oxygen atoms in total. The Balaban J connectivity index is 2.14. The van der Waals surface area contributed by atoms with Gasteiger partial charge < -0.3 is 10.0 Å². The van der Waals surface area contributed by atoms with Gasteiger partial charge in [0, 0.05) is 26.1 Å². The number of thioether (sulfide) groups is 1. The molecule has 24 heavy (non-hydrogen) atoms. The number of hydrogen-bond donors (Lipinski definition) is 1. The van der Waals surface area contributed by atoms with Crippen LogP contribution in [0.4, 0.5) is 0 Å². The van der Waals surface area contributed by atoms with E-state index in [9.17, 15) is 19.2 Å².